The van der Waals surface area contributed by atoms with E-state index in [0.717, 1.165) is 17.0 Å². The van der Waals surface area contributed by atoms with E-state index in [-0.39, 0.29) is 0 Å². The Morgan fingerprint density at radius 2 is 2.62 bits per heavy atom. The smallest absolute Gasteiger partial charge is 0.208 e. The number of nitrogens with zero attached hydrogens (tertiary/aromatic N) is 3. The average molecular weight is 262 g/mol. The zero-order valence-electron chi connectivity index (χ0n) is 7.32. The maximum absolute atomic E-state index is 4.11. The van der Waals surface area contributed by atoms with Gasteiger partial charge in [0.1, 0.15) is 5.51 Å². The van der Waals surface area contributed by atoms with E-state index in [4.69, 9.17) is 0 Å². The fourth-order valence-electron chi connectivity index (χ4n) is 1.81. The van der Waals surface area contributed by atoms with E-state index in [9.17, 15) is 0 Å². The minimum atomic E-state index is 0.673. The van der Waals surface area contributed by atoms with Gasteiger partial charge in [0.05, 0.1) is 0 Å². The Kier molecular flexibility index (Phi) is 3.16. The summed E-state index contributed by atoms with van der Waals surface area (Å²) in [5, 5.41) is 10.1. The van der Waals surface area contributed by atoms with Gasteiger partial charge >= 0.3 is 0 Å². The van der Waals surface area contributed by atoms with Crippen LogP contribution in [-0.2, 0) is 0 Å². The highest BCUT2D eigenvalue weighted by atomic mass is 79.9. The summed E-state index contributed by atoms with van der Waals surface area (Å²) in [4.78, 5) is 2.39. The fourth-order valence-corrected chi connectivity index (χ4v) is 2.99. The van der Waals surface area contributed by atoms with Crippen LogP contribution in [0, 0.1) is 0 Å². The Balaban J connectivity index is 2.05. The van der Waals surface area contributed by atoms with E-state index in [1.54, 1.807) is 16.8 Å². The van der Waals surface area contributed by atoms with Crippen LogP contribution in [0.1, 0.15) is 19.3 Å². The second-order valence-corrected chi connectivity index (χ2v) is 4.79. The van der Waals surface area contributed by atoms with Crippen molar-refractivity contribution in [1.82, 2.24) is 10.2 Å². The van der Waals surface area contributed by atoms with Crippen LogP contribution in [0.2, 0.25) is 0 Å². The molecule has 2 heterocycles. The summed E-state index contributed by atoms with van der Waals surface area (Å²) in [6, 6.07) is 0.673. The summed E-state index contributed by atoms with van der Waals surface area (Å²) in [5.74, 6) is 0. The lowest BCUT2D eigenvalue weighted by molar-refractivity contribution is 0.649. The first-order valence-corrected chi connectivity index (χ1v) is 6.50. The number of halogens is 1. The molecular formula is C8H12BrN3S. The SMILES string of the molecule is BrCCC1CCCN1c1nncs1. The monoisotopic (exact) mass is 261 g/mol. The van der Waals surface area contributed by atoms with Crippen molar-refractivity contribution < 1.29 is 0 Å². The van der Waals surface area contributed by atoms with Gasteiger partial charge in [-0.3, -0.25) is 0 Å². The van der Waals surface area contributed by atoms with Crippen molar-refractivity contribution in [2.75, 3.05) is 16.8 Å². The van der Waals surface area contributed by atoms with Crippen LogP contribution in [0.5, 0.6) is 0 Å². The molecule has 3 nitrogen and oxygen atoms in total. The molecule has 0 radical (unpaired) electrons. The van der Waals surface area contributed by atoms with Crippen molar-refractivity contribution in [2.24, 2.45) is 0 Å². The molecule has 0 saturated carbocycles. The van der Waals surface area contributed by atoms with E-state index >= 15 is 0 Å². The largest absolute Gasteiger partial charge is 0.344 e. The lowest BCUT2D eigenvalue weighted by Gasteiger charge is -2.22. The van der Waals surface area contributed by atoms with Gasteiger partial charge in [-0.25, -0.2) is 0 Å². The van der Waals surface area contributed by atoms with Crippen molar-refractivity contribution in [3.05, 3.63) is 5.51 Å². The Morgan fingerprint density at radius 3 is 3.31 bits per heavy atom. The van der Waals surface area contributed by atoms with Gasteiger partial charge < -0.3 is 4.90 Å². The summed E-state index contributed by atoms with van der Waals surface area (Å²) in [7, 11) is 0. The maximum atomic E-state index is 4.11. The summed E-state index contributed by atoms with van der Waals surface area (Å²) >= 11 is 5.13. The molecule has 2 rings (SSSR count). The molecule has 1 saturated heterocycles. The predicted molar refractivity (Wildman–Crippen MR) is 58.7 cm³/mol. The molecule has 0 amide bonds. The second kappa shape index (κ2) is 4.37. The minimum absolute atomic E-state index is 0.673. The van der Waals surface area contributed by atoms with Crippen LogP contribution in [0.25, 0.3) is 0 Å². The van der Waals surface area contributed by atoms with Gasteiger partial charge in [-0.1, -0.05) is 27.3 Å². The molecule has 13 heavy (non-hydrogen) atoms. The number of hydrogen-bond acceptors (Lipinski definition) is 4. The third-order valence-corrected chi connectivity index (χ3v) is 3.60. The standard InChI is InChI=1S/C8H12BrN3S/c9-4-3-7-2-1-5-12(7)8-11-10-6-13-8/h6-7H,1-5H2. The lowest BCUT2D eigenvalue weighted by atomic mass is 10.2. The van der Waals surface area contributed by atoms with E-state index in [2.05, 4.69) is 31.0 Å². The van der Waals surface area contributed by atoms with E-state index in [1.807, 2.05) is 0 Å². The molecule has 0 N–H and O–H groups in total. The molecule has 0 bridgehead atoms. The van der Waals surface area contributed by atoms with Crippen LogP contribution in [0.15, 0.2) is 5.51 Å². The first-order chi connectivity index (χ1) is 6.42. The highest BCUT2D eigenvalue weighted by Crippen LogP contribution is 2.28. The third kappa shape index (κ3) is 2.02. The summed E-state index contributed by atoms with van der Waals surface area (Å²) in [6.07, 6.45) is 3.79. The number of hydrogen-bond donors (Lipinski definition) is 0. The van der Waals surface area contributed by atoms with E-state index < -0.39 is 0 Å². The Bertz CT molecular complexity index is 252. The Morgan fingerprint density at radius 1 is 1.69 bits per heavy atom. The van der Waals surface area contributed by atoms with Crippen LogP contribution in [-0.4, -0.2) is 28.1 Å². The zero-order chi connectivity index (χ0) is 9.10. The molecule has 1 unspecified atom stereocenters. The fraction of sp³-hybridized carbons (Fsp3) is 0.750. The Labute approximate surface area is 90.3 Å². The summed E-state index contributed by atoms with van der Waals surface area (Å²) < 4.78 is 0. The highest BCUT2D eigenvalue weighted by molar-refractivity contribution is 9.09. The number of rotatable bonds is 3. The molecule has 1 aromatic rings. The van der Waals surface area contributed by atoms with Gasteiger partial charge in [0.2, 0.25) is 5.13 Å². The van der Waals surface area contributed by atoms with Gasteiger partial charge in [0.15, 0.2) is 0 Å². The second-order valence-electron chi connectivity index (χ2n) is 3.19. The van der Waals surface area contributed by atoms with Crippen LogP contribution < -0.4 is 4.90 Å². The normalized spacial score (nSPS) is 22.5. The maximum Gasteiger partial charge on any atom is 0.208 e. The lowest BCUT2D eigenvalue weighted by Crippen LogP contribution is -2.29. The van der Waals surface area contributed by atoms with Crippen LogP contribution in [0.4, 0.5) is 5.13 Å². The first-order valence-electron chi connectivity index (χ1n) is 4.50. The van der Waals surface area contributed by atoms with Gasteiger partial charge in [0.25, 0.3) is 0 Å². The molecule has 5 heteroatoms. The van der Waals surface area contributed by atoms with Gasteiger partial charge in [-0.05, 0) is 19.3 Å². The van der Waals surface area contributed by atoms with Gasteiger partial charge in [-0.2, -0.15) is 0 Å². The molecule has 1 aromatic heterocycles. The van der Waals surface area contributed by atoms with Crippen LogP contribution in [0.3, 0.4) is 0 Å². The molecule has 1 aliphatic rings. The molecule has 0 aliphatic carbocycles. The zero-order valence-corrected chi connectivity index (χ0v) is 9.72. The van der Waals surface area contributed by atoms with Crippen molar-refractivity contribution in [3.63, 3.8) is 0 Å². The number of aromatic nitrogens is 2. The molecule has 0 spiro atoms. The van der Waals surface area contributed by atoms with Crippen LogP contribution >= 0.6 is 27.3 Å². The average Bonchev–Trinajstić information content (AvgIpc) is 2.71. The molecule has 0 aromatic carbocycles. The number of alkyl halides is 1. The summed E-state index contributed by atoms with van der Waals surface area (Å²) in [6.45, 7) is 1.15. The Hall–Kier alpha value is -0.160. The molecule has 1 atom stereocenters. The van der Waals surface area contributed by atoms with Crippen molar-refractivity contribution in [3.8, 4) is 0 Å². The molecule has 72 valence electrons. The minimum Gasteiger partial charge on any atom is -0.344 e. The summed E-state index contributed by atoms with van der Waals surface area (Å²) in [5.41, 5.74) is 1.80. The van der Waals surface area contributed by atoms with E-state index in [1.165, 1.54) is 19.3 Å². The first kappa shape index (κ1) is 9.40. The highest BCUT2D eigenvalue weighted by Gasteiger charge is 2.25. The van der Waals surface area contributed by atoms with Crippen molar-refractivity contribution in [1.29, 1.82) is 0 Å². The van der Waals surface area contributed by atoms with Gasteiger partial charge in [0, 0.05) is 17.9 Å². The van der Waals surface area contributed by atoms with E-state index in [0.29, 0.717) is 6.04 Å². The predicted octanol–water partition coefficient (Wildman–Crippen LogP) is 2.29. The van der Waals surface area contributed by atoms with Crippen molar-refractivity contribution in [2.45, 2.75) is 25.3 Å². The number of anilines is 1. The molecule has 1 fully saturated rings. The molecule has 1 aliphatic heterocycles. The van der Waals surface area contributed by atoms with Gasteiger partial charge in [-0.15, -0.1) is 10.2 Å². The van der Waals surface area contributed by atoms with Crippen molar-refractivity contribution >= 4 is 32.4 Å². The quantitative estimate of drug-likeness (QED) is 0.782. The molecular weight excluding hydrogens is 250 g/mol. The topological polar surface area (TPSA) is 29.0 Å². The third-order valence-electron chi connectivity index (χ3n) is 2.41.